The van der Waals surface area contributed by atoms with Gasteiger partial charge in [-0.05, 0) is 63.8 Å². The maximum Gasteiger partial charge on any atom is 0.255 e. The zero-order valence-electron chi connectivity index (χ0n) is 20.2. The molecular weight excluding hydrogens is 424 g/mol. The number of aromatic nitrogens is 1. The number of H-pyrrole nitrogens is 1. The Labute approximate surface area is 200 Å². The van der Waals surface area contributed by atoms with Gasteiger partial charge in [-0.3, -0.25) is 9.59 Å². The molecule has 3 N–H and O–H groups in total. The van der Waals surface area contributed by atoms with E-state index in [4.69, 9.17) is 0 Å². The van der Waals surface area contributed by atoms with Crippen molar-refractivity contribution in [2.45, 2.75) is 76.2 Å². The molecule has 1 saturated heterocycles. The van der Waals surface area contributed by atoms with E-state index in [1.54, 1.807) is 0 Å². The van der Waals surface area contributed by atoms with Crippen LogP contribution in [0.3, 0.4) is 0 Å². The van der Waals surface area contributed by atoms with E-state index in [0.29, 0.717) is 12.0 Å². The van der Waals surface area contributed by atoms with E-state index in [2.05, 4.69) is 55.4 Å². The molecule has 6 nitrogen and oxygen atoms in total. The quantitative estimate of drug-likeness (QED) is 0.544. The number of hydrogen-bond donors (Lipinski definition) is 3. The minimum Gasteiger partial charge on any atom is -0.356 e. The number of para-hydroxylation sites is 1. The van der Waals surface area contributed by atoms with Gasteiger partial charge in [0.25, 0.3) is 5.91 Å². The Bertz CT molecular complexity index is 1300. The average molecular weight is 457 g/mol. The Morgan fingerprint density at radius 3 is 2.44 bits per heavy atom. The lowest BCUT2D eigenvalue weighted by molar-refractivity contribution is -0.127. The molecule has 0 bridgehead atoms. The number of fused-ring (bicyclic) bond motifs is 7. The molecule has 34 heavy (non-hydrogen) atoms. The Balaban J connectivity index is 1.40. The lowest BCUT2D eigenvalue weighted by Crippen LogP contribution is -2.63. The molecule has 6 rings (SSSR count). The molecular formula is C28H32N4O2. The van der Waals surface area contributed by atoms with E-state index in [1.165, 1.54) is 0 Å². The maximum absolute atomic E-state index is 13.9. The topological polar surface area (TPSA) is 77.2 Å². The first-order chi connectivity index (χ1) is 16.1. The summed E-state index contributed by atoms with van der Waals surface area (Å²) in [7, 11) is 0. The zero-order valence-corrected chi connectivity index (χ0v) is 20.2. The molecule has 2 atom stereocenters. The van der Waals surface area contributed by atoms with Crippen LogP contribution < -0.4 is 10.6 Å². The lowest BCUT2D eigenvalue weighted by atomic mass is 9.79. The molecule has 3 aliphatic heterocycles. The summed E-state index contributed by atoms with van der Waals surface area (Å²) in [6.07, 6.45) is 2.22. The van der Waals surface area contributed by atoms with Gasteiger partial charge in [-0.15, -0.1) is 0 Å². The van der Waals surface area contributed by atoms with Crippen LogP contribution in [0.25, 0.3) is 10.9 Å². The summed E-state index contributed by atoms with van der Waals surface area (Å²) in [4.78, 5) is 32.8. The Morgan fingerprint density at radius 2 is 1.68 bits per heavy atom. The van der Waals surface area contributed by atoms with Crippen LogP contribution in [-0.2, 0) is 11.2 Å². The van der Waals surface area contributed by atoms with E-state index in [-0.39, 0.29) is 35.0 Å². The number of aromatic amines is 1. The third-order valence-corrected chi connectivity index (χ3v) is 7.69. The minimum absolute atomic E-state index is 0.0550. The molecule has 176 valence electrons. The second-order valence-electron chi connectivity index (χ2n) is 11.5. The standard InChI is InChI=1S/C28H32N4O2/c1-27(2)14-16(15-28(3,4)31-27)29-25(33)22-13-20-17-9-7-8-12-21(17)30-23(20)24-18-10-5-6-11-19(18)26(34)32(22)24/h5-12,16,22,24,30-31H,13-15H2,1-4H3,(H,29,33)/t22-,24-/m0/s1. The molecule has 0 saturated carbocycles. The predicted molar refractivity (Wildman–Crippen MR) is 133 cm³/mol. The van der Waals surface area contributed by atoms with E-state index in [9.17, 15) is 9.59 Å². The van der Waals surface area contributed by atoms with Gasteiger partial charge in [0.05, 0.1) is 6.04 Å². The number of benzene rings is 2. The number of rotatable bonds is 2. The Hall–Kier alpha value is -3.12. The summed E-state index contributed by atoms with van der Waals surface area (Å²) >= 11 is 0. The van der Waals surface area contributed by atoms with Crippen molar-refractivity contribution in [3.05, 3.63) is 70.9 Å². The predicted octanol–water partition coefficient (Wildman–Crippen LogP) is 4.06. The molecule has 2 aromatic carbocycles. The van der Waals surface area contributed by atoms with Crippen molar-refractivity contribution in [2.24, 2.45) is 0 Å². The molecule has 0 spiro atoms. The summed E-state index contributed by atoms with van der Waals surface area (Å²) in [6, 6.07) is 15.2. The molecule has 1 fully saturated rings. The monoisotopic (exact) mass is 456 g/mol. The van der Waals surface area contributed by atoms with Crippen LogP contribution in [0.1, 0.15) is 73.8 Å². The van der Waals surface area contributed by atoms with Gasteiger partial charge in [0, 0.05) is 45.7 Å². The van der Waals surface area contributed by atoms with Crippen molar-refractivity contribution in [2.75, 3.05) is 0 Å². The summed E-state index contributed by atoms with van der Waals surface area (Å²) in [5.41, 5.74) is 4.76. The van der Waals surface area contributed by atoms with E-state index >= 15 is 0 Å². The molecule has 2 amide bonds. The van der Waals surface area contributed by atoms with Crippen LogP contribution in [0.5, 0.6) is 0 Å². The first kappa shape index (κ1) is 21.4. The number of hydrogen-bond acceptors (Lipinski definition) is 3. The normalized spacial score (nSPS) is 25.1. The number of piperidine rings is 1. The molecule has 0 radical (unpaired) electrons. The highest BCUT2D eigenvalue weighted by molar-refractivity contribution is 6.03. The SMILES string of the molecule is CC1(C)CC(NC(=O)[C@@H]2Cc3c([nH]c4ccccc34)[C@@H]3c4ccccc4C(=O)N32)CC(C)(C)N1. The first-order valence-electron chi connectivity index (χ1n) is 12.2. The van der Waals surface area contributed by atoms with Gasteiger partial charge in [-0.25, -0.2) is 0 Å². The lowest BCUT2D eigenvalue weighted by Gasteiger charge is -2.47. The van der Waals surface area contributed by atoms with Crippen molar-refractivity contribution in [3.8, 4) is 0 Å². The van der Waals surface area contributed by atoms with Crippen LogP contribution >= 0.6 is 0 Å². The largest absolute Gasteiger partial charge is 0.356 e. The van der Waals surface area contributed by atoms with Gasteiger partial charge in [0.2, 0.25) is 5.91 Å². The van der Waals surface area contributed by atoms with Crippen molar-refractivity contribution in [1.29, 1.82) is 0 Å². The van der Waals surface area contributed by atoms with Crippen LogP contribution in [0, 0.1) is 0 Å². The van der Waals surface area contributed by atoms with Gasteiger partial charge < -0.3 is 20.5 Å². The summed E-state index contributed by atoms with van der Waals surface area (Å²) in [5.74, 6) is -0.114. The van der Waals surface area contributed by atoms with Crippen LogP contribution in [-0.4, -0.2) is 44.9 Å². The highest BCUT2D eigenvalue weighted by Gasteiger charge is 2.49. The third-order valence-electron chi connectivity index (χ3n) is 7.69. The molecule has 0 aliphatic carbocycles. The number of amides is 2. The number of carbonyl (C=O) groups excluding carboxylic acids is 2. The van der Waals surface area contributed by atoms with Gasteiger partial charge in [-0.1, -0.05) is 36.4 Å². The second kappa shape index (κ2) is 7.19. The molecule has 4 heterocycles. The fourth-order valence-corrected chi connectivity index (χ4v) is 6.86. The van der Waals surface area contributed by atoms with Crippen molar-refractivity contribution >= 4 is 22.7 Å². The highest BCUT2D eigenvalue weighted by Crippen LogP contribution is 2.46. The Morgan fingerprint density at radius 1 is 1.00 bits per heavy atom. The summed E-state index contributed by atoms with van der Waals surface area (Å²) < 4.78 is 0. The number of nitrogens with one attached hydrogen (secondary N) is 3. The highest BCUT2D eigenvalue weighted by atomic mass is 16.2. The van der Waals surface area contributed by atoms with Crippen molar-refractivity contribution in [1.82, 2.24) is 20.5 Å². The smallest absolute Gasteiger partial charge is 0.255 e. The van der Waals surface area contributed by atoms with Gasteiger partial charge in [0.1, 0.15) is 6.04 Å². The van der Waals surface area contributed by atoms with Gasteiger partial charge in [0.15, 0.2) is 0 Å². The zero-order chi connectivity index (χ0) is 23.8. The van der Waals surface area contributed by atoms with Gasteiger partial charge in [-0.2, -0.15) is 0 Å². The fourth-order valence-electron chi connectivity index (χ4n) is 6.86. The molecule has 0 unspecified atom stereocenters. The molecule has 3 aliphatic rings. The molecule has 6 heteroatoms. The minimum atomic E-state index is -0.544. The third kappa shape index (κ3) is 3.27. The Kier molecular flexibility index (Phi) is 4.53. The first-order valence-corrected chi connectivity index (χ1v) is 12.2. The average Bonchev–Trinajstić information content (AvgIpc) is 3.27. The molecule has 3 aromatic rings. The second-order valence-corrected chi connectivity index (χ2v) is 11.5. The van der Waals surface area contributed by atoms with Gasteiger partial charge >= 0.3 is 0 Å². The van der Waals surface area contributed by atoms with Crippen LogP contribution in [0.15, 0.2) is 48.5 Å². The summed E-state index contributed by atoms with van der Waals surface area (Å²) in [5, 5.41) is 8.16. The number of nitrogens with zero attached hydrogens (tertiary/aromatic N) is 1. The van der Waals surface area contributed by atoms with Crippen molar-refractivity contribution < 1.29 is 9.59 Å². The van der Waals surface area contributed by atoms with E-state index < -0.39 is 6.04 Å². The van der Waals surface area contributed by atoms with E-state index in [1.807, 2.05) is 41.3 Å². The van der Waals surface area contributed by atoms with Crippen LogP contribution in [0.4, 0.5) is 0 Å². The van der Waals surface area contributed by atoms with Crippen LogP contribution in [0.2, 0.25) is 0 Å². The van der Waals surface area contributed by atoms with Crippen molar-refractivity contribution in [3.63, 3.8) is 0 Å². The van der Waals surface area contributed by atoms with E-state index in [0.717, 1.165) is 40.6 Å². The maximum atomic E-state index is 13.9. The molecule has 1 aromatic heterocycles. The summed E-state index contributed by atoms with van der Waals surface area (Å²) in [6.45, 7) is 8.73. The fraction of sp³-hybridized carbons (Fsp3) is 0.429. The number of carbonyl (C=O) groups is 2.